The van der Waals surface area contributed by atoms with E-state index < -0.39 is 11.5 Å². The highest BCUT2D eigenvalue weighted by Crippen LogP contribution is 2.45. The first-order valence-corrected chi connectivity index (χ1v) is 6.77. The van der Waals surface area contributed by atoms with Crippen LogP contribution in [0.3, 0.4) is 0 Å². The van der Waals surface area contributed by atoms with Crippen LogP contribution in [0.2, 0.25) is 0 Å². The van der Waals surface area contributed by atoms with Gasteiger partial charge in [-0.1, -0.05) is 12.1 Å². The minimum Gasteiger partial charge on any atom is -0.311 e. The predicted molar refractivity (Wildman–Crippen MR) is 66.1 cm³/mol. The molecule has 2 aliphatic heterocycles. The topological polar surface area (TPSA) is 12.0 Å². The lowest BCUT2D eigenvalue weighted by molar-refractivity contribution is 0.0831. The van der Waals surface area contributed by atoms with Crippen molar-refractivity contribution in [2.24, 2.45) is 0 Å². The van der Waals surface area contributed by atoms with Crippen LogP contribution in [0.15, 0.2) is 22.7 Å². The van der Waals surface area contributed by atoms with Crippen LogP contribution in [0, 0.1) is 5.82 Å². The highest BCUT2D eigenvalue weighted by atomic mass is 79.9. The average Bonchev–Trinajstić information content (AvgIpc) is 2.62. The molecule has 92 valence electrons. The van der Waals surface area contributed by atoms with Crippen LogP contribution in [-0.4, -0.2) is 12.1 Å². The molecule has 0 amide bonds. The Morgan fingerprint density at radius 1 is 1.24 bits per heavy atom. The second kappa shape index (κ2) is 4.02. The van der Waals surface area contributed by atoms with Crippen molar-refractivity contribution >= 4 is 15.9 Å². The third-order valence-electron chi connectivity index (χ3n) is 3.91. The molecule has 0 spiro atoms. The molecular formula is C13H14BrF2N. The Kier molecular flexibility index (Phi) is 2.75. The van der Waals surface area contributed by atoms with Gasteiger partial charge in [-0.05, 0) is 34.8 Å². The fourth-order valence-electron chi connectivity index (χ4n) is 3.16. The number of rotatable bonds is 1. The largest absolute Gasteiger partial charge is 0.311 e. The Labute approximate surface area is 108 Å². The summed E-state index contributed by atoms with van der Waals surface area (Å²) in [7, 11) is 0. The first-order valence-electron chi connectivity index (χ1n) is 5.98. The van der Waals surface area contributed by atoms with Gasteiger partial charge in [0.25, 0.3) is 0 Å². The summed E-state index contributed by atoms with van der Waals surface area (Å²) in [5.41, 5.74) is -1.30. The van der Waals surface area contributed by atoms with E-state index in [1.165, 1.54) is 0 Å². The fraction of sp³-hybridized carbons (Fsp3) is 0.538. The summed E-state index contributed by atoms with van der Waals surface area (Å²) in [5.74, 6) is -0.448. The lowest BCUT2D eigenvalue weighted by atomic mass is 9.83. The lowest BCUT2D eigenvalue weighted by Gasteiger charge is -2.35. The molecule has 2 atom stereocenters. The molecule has 2 aliphatic rings. The second-order valence-electron chi connectivity index (χ2n) is 5.11. The third kappa shape index (κ3) is 1.91. The van der Waals surface area contributed by atoms with Gasteiger partial charge in [-0.25, -0.2) is 8.78 Å². The number of nitrogens with one attached hydrogen (secondary N) is 1. The standard InChI is InChI=1S/C13H14BrF2N/c14-11-3-1-2-10(12(11)15)13(16)6-8-4-5-9(7-13)17-8/h1-3,8-9,17H,4-7H2. The van der Waals surface area contributed by atoms with Gasteiger partial charge in [0.15, 0.2) is 0 Å². The fourth-order valence-corrected chi connectivity index (χ4v) is 3.52. The zero-order valence-corrected chi connectivity index (χ0v) is 10.9. The van der Waals surface area contributed by atoms with Crippen LogP contribution in [-0.2, 0) is 5.67 Å². The molecule has 2 fully saturated rings. The summed E-state index contributed by atoms with van der Waals surface area (Å²) in [4.78, 5) is 0. The van der Waals surface area contributed by atoms with Crippen molar-refractivity contribution < 1.29 is 8.78 Å². The number of hydrogen-bond acceptors (Lipinski definition) is 1. The molecule has 0 radical (unpaired) electrons. The monoisotopic (exact) mass is 301 g/mol. The zero-order chi connectivity index (χ0) is 12.0. The molecule has 2 heterocycles. The van der Waals surface area contributed by atoms with Crippen molar-refractivity contribution in [3.8, 4) is 0 Å². The van der Waals surface area contributed by atoms with Crippen LogP contribution in [0.4, 0.5) is 8.78 Å². The normalized spacial score (nSPS) is 36.2. The highest BCUT2D eigenvalue weighted by molar-refractivity contribution is 9.10. The summed E-state index contributed by atoms with van der Waals surface area (Å²) in [6, 6.07) is 5.30. The summed E-state index contributed by atoms with van der Waals surface area (Å²) >= 11 is 3.13. The lowest BCUT2D eigenvalue weighted by Crippen LogP contribution is -2.44. The molecule has 0 saturated carbocycles. The average molecular weight is 302 g/mol. The van der Waals surface area contributed by atoms with Gasteiger partial charge in [0, 0.05) is 30.5 Å². The maximum Gasteiger partial charge on any atom is 0.143 e. The van der Waals surface area contributed by atoms with Crippen molar-refractivity contribution in [1.29, 1.82) is 0 Å². The Bertz CT molecular complexity index is 437. The molecule has 3 rings (SSSR count). The number of piperidine rings is 1. The van der Waals surface area contributed by atoms with Gasteiger partial charge >= 0.3 is 0 Å². The van der Waals surface area contributed by atoms with Crippen LogP contribution in [0.25, 0.3) is 0 Å². The summed E-state index contributed by atoms with van der Waals surface area (Å²) in [6.07, 6.45) is 2.78. The minimum absolute atomic E-state index is 0.206. The molecule has 1 N–H and O–H groups in total. The molecule has 2 saturated heterocycles. The van der Waals surface area contributed by atoms with Gasteiger partial charge in [-0.15, -0.1) is 0 Å². The molecule has 0 aromatic heterocycles. The van der Waals surface area contributed by atoms with Gasteiger partial charge in [-0.3, -0.25) is 0 Å². The van der Waals surface area contributed by atoms with Crippen LogP contribution >= 0.6 is 15.9 Å². The molecule has 4 heteroatoms. The first kappa shape index (κ1) is 11.6. The number of halogens is 3. The molecule has 2 bridgehead atoms. The molecular weight excluding hydrogens is 288 g/mol. The Morgan fingerprint density at radius 2 is 1.88 bits per heavy atom. The Hall–Kier alpha value is -0.480. The molecule has 17 heavy (non-hydrogen) atoms. The van der Waals surface area contributed by atoms with E-state index >= 15 is 0 Å². The van der Waals surface area contributed by atoms with E-state index in [1.54, 1.807) is 18.2 Å². The summed E-state index contributed by atoms with van der Waals surface area (Å²) in [5, 5.41) is 3.38. The SMILES string of the molecule is Fc1c(Br)cccc1C1(F)CC2CCC(C1)N2. The zero-order valence-electron chi connectivity index (χ0n) is 9.35. The maximum absolute atomic E-state index is 15.0. The number of alkyl halides is 1. The van der Waals surface area contributed by atoms with Gasteiger partial charge in [-0.2, -0.15) is 0 Å². The van der Waals surface area contributed by atoms with Gasteiger partial charge in [0.2, 0.25) is 0 Å². The van der Waals surface area contributed by atoms with Crippen LogP contribution in [0.5, 0.6) is 0 Å². The van der Waals surface area contributed by atoms with Crippen molar-refractivity contribution in [3.05, 3.63) is 34.1 Å². The third-order valence-corrected chi connectivity index (χ3v) is 4.52. The van der Waals surface area contributed by atoms with Crippen molar-refractivity contribution in [2.75, 3.05) is 0 Å². The number of benzene rings is 1. The van der Waals surface area contributed by atoms with E-state index in [-0.39, 0.29) is 17.6 Å². The van der Waals surface area contributed by atoms with Crippen LogP contribution in [0.1, 0.15) is 31.2 Å². The van der Waals surface area contributed by atoms with E-state index in [0.29, 0.717) is 17.3 Å². The first-order chi connectivity index (χ1) is 8.08. The second-order valence-corrected chi connectivity index (χ2v) is 5.97. The smallest absolute Gasteiger partial charge is 0.143 e. The van der Waals surface area contributed by atoms with Gasteiger partial charge in [0.05, 0.1) is 4.47 Å². The highest BCUT2D eigenvalue weighted by Gasteiger charge is 2.46. The van der Waals surface area contributed by atoms with Crippen molar-refractivity contribution in [3.63, 3.8) is 0 Å². The quantitative estimate of drug-likeness (QED) is 0.834. The van der Waals surface area contributed by atoms with Crippen LogP contribution < -0.4 is 5.32 Å². The maximum atomic E-state index is 15.0. The predicted octanol–water partition coefficient (Wildman–Crippen LogP) is 3.67. The van der Waals surface area contributed by atoms with Gasteiger partial charge in [0.1, 0.15) is 11.5 Å². The van der Waals surface area contributed by atoms with Crippen molar-refractivity contribution in [1.82, 2.24) is 5.32 Å². The molecule has 1 aromatic carbocycles. The van der Waals surface area contributed by atoms with E-state index in [9.17, 15) is 8.78 Å². The Morgan fingerprint density at radius 3 is 2.53 bits per heavy atom. The summed E-state index contributed by atoms with van der Waals surface area (Å²) < 4.78 is 29.3. The molecule has 1 nitrogen and oxygen atoms in total. The van der Waals surface area contributed by atoms with E-state index in [1.807, 2.05) is 0 Å². The minimum atomic E-state index is -1.51. The molecule has 1 aromatic rings. The van der Waals surface area contributed by atoms with E-state index in [0.717, 1.165) is 12.8 Å². The van der Waals surface area contributed by atoms with Crippen molar-refractivity contribution in [2.45, 2.75) is 43.4 Å². The molecule has 2 unspecified atom stereocenters. The summed E-state index contributed by atoms with van der Waals surface area (Å²) in [6.45, 7) is 0. The number of hydrogen-bond donors (Lipinski definition) is 1. The van der Waals surface area contributed by atoms with E-state index in [4.69, 9.17) is 0 Å². The number of fused-ring (bicyclic) bond motifs is 2. The molecule has 0 aliphatic carbocycles. The Balaban J connectivity index is 2.00. The van der Waals surface area contributed by atoms with Gasteiger partial charge < -0.3 is 5.32 Å². The van der Waals surface area contributed by atoms with E-state index in [2.05, 4.69) is 21.2 Å².